The maximum Gasteiger partial charge on any atom is 0.248 e. The van der Waals surface area contributed by atoms with E-state index in [1.807, 2.05) is 0 Å². The van der Waals surface area contributed by atoms with Gasteiger partial charge in [0.25, 0.3) is 0 Å². The van der Waals surface area contributed by atoms with Crippen molar-refractivity contribution >= 4 is 29.5 Å². The Labute approximate surface area is 243 Å². The van der Waals surface area contributed by atoms with E-state index in [9.17, 15) is 49.5 Å². The third kappa shape index (κ3) is 8.61. The summed E-state index contributed by atoms with van der Waals surface area (Å²) in [6.07, 6.45) is -3.99. The number of amides is 5. The summed E-state index contributed by atoms with van der Waals surface area (Å²) in [6, 6.07) is -0.193. The lowest BCUT2D eigenvalue weighted by Gasteiger charge is -2.32. The Hall–Kier alpha value is -3.79. The van der Waals surface area contributed by atoms with Crippen LogP contribution in [0.25, 0.3) is 0 Å². The minimum absolute atomic E-state index is 0.0352. The van der Waals surface area contributed by atoms with Crippen molar-refractivity contribution in [2.45, 2.75) is 76.6 Å². The number of phenolic OH excluding ortho intramolecular Hbond substituents is 1. The molecule has 1 heterocycles. The van der Waals surface area contributed by atoms with Crippen molar-refractivity contribution < 1.29 is 49.5 Å². The van der Waals surface area contributed by atoms with Crippen molar-refractivity contribution in [2.24, 2.45) is 11.7 Å². The number of nitrogens with two attached hydrogens (primary N) is 1. The molecule has 0 aliphatic carbocycles. The van der Waals surface area contributed by atoms with Crippen molar-refractivity contribution in [2.75, 3.05) is 19.7 Å². The van der Waals surface area contributed by atoms with Gasteiger partial charge in [0.05, 0.1) is 24.9 Å². The number of carbonyl (C=O) groups excluding carboxylic acids is 5. The van der Waals surface area contributed by atoms with Gasteiger partial charge in [0.1, 0.15) is 29.9 Å². The topological polar surface area (TPSA) is 243 Å². The third-order valence-electron chi connectivity index (χ3n) is 7.16. The molecular weight excluding hydrogens is 554 g/mol. The van der Waals surface area contributed by atoms with E-state index in [1.54, 1.807) is 6.92 Å². The van der Waals surface area contributed by atoms with Gasteiger partial charge < -0.3 is 51.7 Å². The van der Waals surface area contributed by atoms with Gasteiger partial charge >= 0.3 is 0 Å². The molecule has 0 spiro atoms. The van der Waals surface area contributed by atoms with E-state index in [2.05, 4.69) is 10.6 Å². The van der Waals surface area contributed by atoms with E-state index >= 15 is 0 Å². The van der Waals surface area contributed by atoms with Crippen LogP contribution in [0.4, 0.5) is 0 Å². The molecule has 234 valence electrons. The Morgan fingerprint density at radius 3 is 2.17 bits per heavy atom. The van der Waals surface area contributed by atoms with Crippen LogP contribution >= 0.6 is 0 Å². The van der Waals surface area contributed by atoms with Gasteiger partial charge in [-0.25, -0.2) is 0 Å². The van der Waals surface area contributed by atoms with Crippen molar-refractivity contribution in [3.8, 4) is 5.75 Å². The number of primary amides is 1. The highest BCUT2D eigenvalue weighted by Gasteiger charge is 2.46. The van der Waals surface area contributed by atoms with E-state index < -0.39 is 84.5 Å². The summed E-state index contributed by atoms with van der Waals surface area (Å²) in [5, 5.41) is 55.3. The molecule has 1 fully saturated rings. The lowest BCUT2D eigenvalue weighted by atomic mass is 10.00. The third-order valence-corrected chi connectivity index (χ3v) is 7.16. The van der Waals surface area contributed by atoms with Crippen LogP contribution in [0.2, 0.25) is 0 Å². The minimum Gasteiger partial charge on any atom is -0.508 e. The van der Waals surface area contributed by atoms with Crippen LogP contribution in [-0.4, -0.2) is 127 Å². The second kappa shape index (κ2) is 14.9. The summed E-state index contributed by atoms with van der Waals surface area (Å²) in [6.45, 7) is 4.40. The molecule has 9 N–H and O–H groups in total. The second-order valence-corrected chi connectivity index (χ2v) is 10.7. The molecule has 15 heteroatoms. The molecule has 1 aliphatic heterocycles. The smallest absolute Gasteiger partial charge is 0.248 e. The van der Waals surface area contributed by atoms with E-state index in [4.69, 9.17) is 5.73 Å². The maximum atomic E-state index is 13.4. The fourth-order valence-electron chi connectivity index (χ4n) is 4.81. The van der Waals surface area contributed by atoms with E-state index in [-0.39, 0.29) is 25.3 Å². The van der Waals surface area contributed by atoms with Gasteiger partial charge in [-0.05, 0) is 31.5 Å². The minimum atomic E-state index is -1.70. The number of carbonyl (C=O) groups is 5. The predicted molar refractivity (Wildman–Crippen MR) is 147 cm³/mol. The molecule has 0 saturated carbocycles. The number of aromatic hydroxyl groups is 1. The van der Waals surface area contributed by atoms with E-state index in [1.165, 1.54) is 45.0 Å². The number of aliphatic hydroxyl groups is 4. The summed E-state index contributed by atoms with van der Waals surface area (Å²) >= 11 is 0. The number of benzene rings is 1. The number of hydrogen-bond acceptors (Lipinski definition) is 10. The number of likely N-dealkylation sites (tertiary alicyclic amines) is 1. The van der Waals surface area contributed by atoms with Crippen LogP contribution in [-0.2, 0) is 30.4 Å². The van der Waals surface area contributed by atoms with Gasteiger partial charge in [0.2, 0.25) is 29.5 Å². The highest BCUT2D eigenvalue weighted by Crippen LogP contribution is 2.24. The Morgan fingerprint density at radius 1 is 1.07 bits per heavy atom. The zero-order valence-corrected chi connectivity index (χ0v) is 24.0. The molecule has 15 nitrogen and oxygen atoms in total. The molecule has 8 unspecified atom stereocenters. The summed E-state index contributed by atoms with van der Waals surface area (Å²) < 4.78 is 0. The van der Waals surface area contributed by atoms with Crippen molar-refractivity contribution in [3.63, 3.8) is 0 Å². The first kappa shape index (κ1) is 34.4. The Morgan fingerprint density at radius 2 is 1.67 bits per heavy atom. The molecule has 1 aromatic carbocycles. The van der Waals surface area contributed by atoms with Crippen LogP contribution in [0.1, 0.15) is 33.3 Å². The van der Waals surface area contributed by atoms with Gasteiger partial charge in [-0.3, -0.25) is 24.0 Å². The van der Waals surface area contributed by atoms with Crippen LogP contribution in [0.15, 0.2) is 24.3 Å². The van der Waals surface area contributed by atoms with Gasteiger partial charge in [0.15, 0.2) is 0 Å². The Kier molecular flexibility index (Phi) is 12.2. The zero-order chi connectivity index (χ0) is 31.9. The number of hydrogen-bond donors (Lipinski definition) is 8. The fraction of sp³-hybridized carbons (Fsp3) is 0.593. The lowest BCUT2D eigenvalue weighted by molar-refractivity contribution is -0.144. The van der Waals surface area contributed by atoms with Crippen LogP contribution < -0.4 is 16.4 Å². The molecule has 42 heavy (non-hydrogen) atoms. The molecule has 2 rings (SSSR count). The van der Waals surface area contributed by atoms with Gasteiger partial charge in [-0.2, -0.15) is 0 Å². The number of nitrogens with one attached hydrogen (secondary N) is 2. The van der Waals surface area contributed by atoms with Crippen molar-refractivity contribution in [1.82, 2.24) is 20.4 Å². The molecule has 0 bridgehead atoms. The first-order chi connectivity index (χ1) is 19.6. The van der Waals surface area contributed by atoms with Crippen LogP contribution in [0.3, 0.4) is 0 Å². The number of nitrogens with zero attached hydrogens (tertiary/aromatic N) is 2. The lowest BCUT2D eigenvalue weighted by Crippen LogP contribution is -2.62. The van der Waals surface area contributed by atoms with Gasteiger partial charge in [0, 0.05) is 32.4 Å². The predicted octanol–water partition coefficient (Wildman–Crippen LogP) is -3.43. The maximum absolute atomic E-state index is 13.4. The van der Waals surface area contributed by atoms with Gasteiger partial charge in [-0.1, -0.05) is 19.1 Å². The largest absolute Gasteiger partial charge is 0.508 e. The van der Waals surface area contributed by atoms with E-state index in [0.29, 0.717) is 5.56 Å². The number of aliphatic hydroxyl groups excluding tert-OH is 4. The van der Waals surface area contributed by atoms with Crippen LogP contribution in [0, 0.1) is 5.92 Å². The van der Waals surface area contributed by atoms with Crippen molar-refractivity contribution in [1.29, 1.82) is 0 Å². The van der Waals surface area contributed by atoms with Crippen molar-refractivity contribution in [3.05, 3.63) is 29.8 Å². The molecule has 1 aliphatic rings. The quantitative estimate of drug-likeness (QED) is 0.112. The molecule has 1 aromatic rings. The first-order valence-corrected chi connectivity index (χ1v) is 13.5. The standard InChI is InChI=1S/C27H41N5O10/c1-13-10-32(22(23(13)38)24(28)39)27(42)19(12-33)29-26(41)21(20(37)9-17-5-7-18(36)8-6-17)30-25(40)15(3)31(16(4)35)11-14(2)34/h5-8,13-15,19-23,33-34,36-38H,9-12H2,1-4H3,(H2,28,39)(H,29,41)(H,30,40). The van der Waals surface area contributed by atoms with Gasteiger partial charge in [-0.15, -0.1) is 0 Å². The average Bonchev–Trinajstić information content (AvgIpc) is 3.22. The summed E-state index contributed by atoms with van der Waals surface area (Å²) in [7, 11) is 0. The summed E-state index contributed by atoms with van der Waals surface area (Å²) in [5.74, 6) is -4.89. The normalized spacial score (nSPS) is 21.9. The molecule has 5 amide bonds. The number of rotatable bonds is 13. The molecular formula is C27H41N5O10. The highest BCUT2D eigenvalue weighted by atomic mass is 16.3. The average molecular weight is 596 g/mol. The molecule has 0 radical (unpaired) electrons. The summed E-state index contributed by atoms with van der Waals surface area (Å²) in [5.41, 5.74) is 5.85. The zero-order valence-electron chi connectivity index (χ0n) is 24.0. The Balaban J connectivity index is 2.32. The highest BCUT2D eigenvalue weighted by molar-refractivity contribution is 5.96. The molecule has 8 atom stereocenters. The van der Waals surface area contributed by atoms with Crippen LogP contribution in [0.5, 0.6) is 5.75 Å². The van der Waals surface area contributed by atoms with E-state index in [0.717, 1.165) is 9.80 Å². The molecule has 1 saturated heterocycles. The molecule has 0 aromatic heterocycles. The Bertz CT molecular complexity index is 1130. The second-order valence-electron chi connectivity index (χ2n) is 10.7. The number of phenols is 1. The monoisotopic (exact) mass is 595 g/mol. The summed E-state index contributed by atoms with van der Waals surface area (Å²) in [4.78, 5) is 65.9. The SMILES string of the molecule is CC(=O)N(CC(C)O)C(C)C(=O)NC(C(=O)NC(CO)C(=O)N1CC(C)C(O)C1C(N)=O)C(O)Cc1ccc(O)cc1. The fourth-order valence-corrected chi connectivity index (χ4v) is 4.81. The first-order valence-electron chi connectivity index (χ1n) is 13.5.